The van der Waals surface area contributed by atoms with Gasteiger partial charge in [0.2, 0.25) is 5.91 Å². The molecule has 0 atom stereocenters. The highest BCUT2D eigenvalue weighted by molar-refractivity contribution is 9.10. The van der Waals surface area contributed by atoms with Crippen LogP contribution in [0.25, 0.3) is 0 Å². The summed E-state index contributed by atoms with van der Waals surface area (Å²) in [4.78, 5) is 11.2. The first-order chi connectivity index (χ1) is 6.63. The van der Waals surface area contributed by atoms with Crippen LogP contribution >= 0.6 is 15.9 Å². The molecule has 14 heavy (non-hydrogen) atoms. The van der Waals surface area contributed by atoms with Gasteiger partial charge in [-0.2, -0.15) is 0 Å². The number of anilines is 1. The average Bonchev–Trinajstić information content (AvgIpc) is 2.12. The van der Waals surface area contributed by atoms with E-state index in [0.29, 0.717) is 6.42 Å². The Balaban J connectivity index is 2.72. The molecule has 0 bridgehead atoms. The monoisotopic (exact) mass is 253 g/mol. The maximum atomic E-state index is 11.2. The van der Waals surface area contributed by atoms with Crippen molar-refractivity contribution in [1.82, 2.24) is 0 Å². The minimum absolute atomic E-state index is 0.0456. The first-order valence-electron chi connectivity index (χ1n) is 4.30. The molecule has 0 saturated carbocycles. The molecule has 0 radical (unpaired) electrons. The van der Waals surface area contributed by atoms with Crippen LogP contribution in [0.15, 0.2) is 35.3 Å². The Morgan fingerprint density at radius 1 is 1.64 bits per heavy atom. The average molecular weight is 254 g/mol. The van der Waals surface area contributed by atoms with E-state index in [9.17, 15) is 4.79 Å². The van der Waals surface area contributed by atoms with Crippen molar-refractivity contribution in [2.45, 2.75) is 13.3 Å². The van der Waals surface area contributed by atoms with E-state index < -0.39 is 0 Å². The molecule has 3 heteroatoms. The van der Waals surface area contributed by atoms with Gasteiger partial charge in [-0.15, -0.1) is 6.58 Å². The maximum Gasteiger partial charge on any atom is 0.228 e. The Kier molecular flexibility index (Phi) is 3.89. The van der Waals surface area contributed by atoms with Crippen molar-refractivity contribution < 1.29 is 4.79 Å². The molecule has 0 unspecified atom stereocenters. The second kappa shape index (κ2) is 4.96. The third-order valence-corrected chi connectivity index (χ3v) is 2.64. The van der Waals surface area contributed by atoms with E-state index in [1.165, 1.54) is 0 Å². The Morgan fingerprint density at radius 2 is 2.36 bits per heavy atom. The second-order valence-electron chi connectivity index (χ2n) is 3.00. The molecule has 0 spiro atoms. The molecule has 0 aromatic heterocycles. The standard InChI is InChI=1S/C11H12BrNO/c1-3-4-11(14)13-9-6-5-8(2)10(12)7-9/h3,5-7H,1,4H2,2H3,(H,13,14). The fourth-order valence-corrected chi connectivity index (χ4v) is 1.39. The zero-order valence-electron chi connectivity index (χ0n) is 8.01. The molecule has 0 heterocycles. The van der Waals surface area contributed by atoms with E-state index in [0.717, 1.165) is 15.7 Å². The number of hydrogen-bond donors (Lipinski definition) is 1. The fourth-order valence-electron chi connectivity index (χ4n) is 1.01. The first-order valence-corrected chi connectivity index (χ1v) is 5.09. The lowest BCUT2D eigenvalue weighted by molar-refractivity contribution is -0.115. The number of amides is 1. The SMILES string of the molecule is C=CCC(=O)Nc1ccc(C)c(Br)c1. The van der Waals surface area contributed by atoms with Gasteiger partial charge in [0.05, 0.1) is 0 Å². The van der Waals surface area contributed by atoms with Crippen LogP contribution in [0.3, 0.4) is 0 Å². The molecule has 0 aliphatic rings. The largest absolute Gasteiger partial charge is 0.326 e. The van der Waals surface area contributed by atoms with Crippen molar-refractivity contribution in [2.75, 3.05) is 5.32 Å². The van der Waals surface area contributed by atoms with Gasteiger partial charge in [0.1, 0.15) is 0 Å². The van der Waals surface area contributed by atoms with Crippen molar-refractivity contribution >= 4 is 27.5 Å². The van der Waals surface area contributed by atoms with Crippen LogP contribution < -0.4 is 5.32 Å². The summed E-state index contributed by atoms with van der Waals surface area (Å²) in [6.45, 7) is 5.50. The lowest BCUT2D eigenvalue weighted by Crippen LogP contribution is -2.09. The van der Waals surface area contributed by atoms with Crippen molar-refractivity contribution in [3.63, 3.8) is 0 Å². The number of nitrogens with one attached hydrogen (secondary N) is 1. The molecule has 0 aliphatic heterocycles. The molecule has 1 rings (SSSR count). The Hall–Kier alpha value is -1.09. The number of rotatable bonds is 3. The highest BCUT2D eigenvalue weighted by Gasteiger charge is 2.01. The summed E-state index contributed by atoms with van der Waals surface area (Å²) in [6.07, 6.45) is 1.92. The summed E-state index contributed by atoms with van der Waals surface area (Å²) in [6, 6.07) is 5.71. The Labute approximate surface area is 92.1 Å². The van der Waals surface area contributed by atoms with Crippen molar-refractivity contribution in [1.29, 1.82) is 0 Å². The summed E-state index contributed by atoms with van der Waals surface area (Å²) < 4.78 is 0.994. The quantitative estimate of drug-likeness (QED) is 0.824. The van der Waals surface area contributed by atoms with E-state index in [1.807, 2.05) is 25.1 Å². The van der Waals surface area contributed by atoms with Gasteiger partial charge in [-0.3, -0.25) is 4.79 Å². The molecule has 1 aromatic carbocycles. The number of hydrogen-bond acceptors (Lipinski definition) is 1. The summed E-state index contributed by atoms with van der Waals surface area (Å²) in [7, 11) is 0. The summed E-state index contributed by atoms with van der Waals surface area (Å²) >= 11 is 3.40. The third-order valence-electron chi connectivity index (χ3n) is 1.79. The number of benzene rings is 1. The molecule has 0 saturated heterocycles. The maximum absolute atomic E-state index is 11.2. The first kappa shape index (κ1) is 11.0. The second-order valence-corrected chi connectivity index (χ2v) is 3.86. The van der Waals surface area contributed by atoms with Gasteiger partial charge in [0, 0.05) is 16.6 Å². The minimum atomic E-state index is -0.0456. The Bertz CT molecular complexity index is 360. The normalized spacial score (nSPS) is 9.57. The lowest BCUT2D eigenvalue weighted by atomic mass is 10.2. The zero-order valence-corrected chi connectivity index (χ0v) is 9.60. The van der Waals surface area contributed by atoms with Crippen LogP contribution in [0.2, 0.25) is 0 Å². The van der Waals surface area contributed by atoms with Crippen LogP contribution in [0.1, 0.15) is 12.0 Å². The van der Waals surface area contributed by atoms with Gasteiger partial charge in [-0.05, 0) is 24.6 Å². The molecule has 74 valence electrons. The minimum Gasteiger partial charge on any atom is -0.326 e. The summed E-state index contributed by atoms with van der Waals surface area (Å²) in [5.74, 6) is -0.0456. The molecule has 1 N–H and O–H groups in total. The van der Waals surface area contributed by atoms with Gasteiger partial charge in [0.15, 0.2) is 0 Å². The van der Waals surface area contributed by atoms with Gasteiger partial charge < -0.3 is 5.32 Å². The zero-order chi connectivity index (χ0) is 10.6. The molecule has 0 fully saturated rings. The summed E-state index contributed by atoms with van der Waals surface area (Å²) in [5, 5.41) is 2.77. The molecule has 0 aliphatic carbocycles. The van der Waals surface area contributed by atoms with Gasteiger partial charge in [-0.1, -0.05) is 28.1 Å². The van der Waals surface area contributed by atoms with E-state index >= 15 is 0 Å². The van der Waals surface area contributed by atoms with E-state index in [4.69, 9.17) is 0 Å². The van der Waals surface area contributed by atoms with E-state index in [2.05, 4.69) is 27.8 Å². The fraction of sp³-hybridized carbons (Fsp3) is 0.182. The van der Waals surface area contributed by atoms with Crippen molar-refractivity contribution in [2.24, 2.45) is 0 Å². The molecular formula is C11H12BrNO. The molecule has 1 aromatic rings. The predicted octanol–water partition coefficient (Wildman–Crippen LogP) is 3.27. The van der Waals surface area contributed by atoms with Gasteiger partial charge >= 0.3 is 0 Å². The number of carbonyl (C=O) groups excluding carboxylic acids is 1. The Morgan fingerprint density at radius 3 is 2.93 bits per heavy atom. The van der Waals surface area contributed by atoms with Crippen LogP contribution in [-0.4, -0.2) is 5.91 Å². The van der Waals surface area contributed by atoms with Crippen LogP contribution in [0, 0.1) is 6.92 Å². The predicted molar refractivity (Wildman–Crippen MR) is 62.3 cm³/mol. The molecular weight excluding hydrogens is 242 g/mol. The van der Waals surface area contributed by atoms with Crippen molar-refractivity contribution in [3.05, 3.63) is 40.9 Å². The highest BCUT2D eigenvalue weighted by atomic mass is 79.9. The highest BCUT2D eigenvalue weighted by Crippen LogP contribution is 2.20. The number of halogens is 1. The number of carbonyl (C=O) groups is 1. The van der Waals surface area contributed by atoms with Gasteiger partial charge in [0.25, 0.3) is 0 Å². The lowest BCUT2D eigenvalue weighted by Gasteiger charge is -2.05. The third kappa shape index (κ3) is 3.00. The summed E-state index contributed by atoms with van der Waals surface area (Å²) in [5.41, 5.74) is 1.95. The topological polar surface area (TPSA) is 29.1 Å². The van der Waals surface area contributed by atoms with Gasteiger partial charge in [-0.25, -0.2) is 0 Å². The van der Waals surface area contributed by atoms with Crippen molar-refractivity contribution in [3.8, 4) is 0 Å². The smallest absolute Gasteiger partial charge is 0.228 e. The molecule has 1 amide bonds. The van der Waals surface area contributed by atoms with Crippen LogP contribution in [0.4, 0.5) is 5.69 Å². The van der Waals surface area contributed by atoms with E-state index in [-0.39, 0.29) is 5.91 Å². The molecule has 2 nitrogen and oxygen atoms in total. The van der Waals surface area contributed by atoms with Crippen LogP contribution in [-0.2, 0) is 4.79 Å². The van der Waals surface area contributed by atoms with E-state index in [1.54, 1.807) is 6.08 Å². The number of aryl methyl sites for hydroxylation is 1. The van der Waals surface area contributed by atoms with Crippen LogP contribution in [0.5, 0.6) is 0 Å².